The Balaban J connectivity index is 2.34. The van der Waals surface area contributed by atoms with Crippen LogP contribution in [-0.2, 0) is 0 Å². The molecule has 1 heterocycles. The normalized spacial score (nSPS) is 10.2. The minimum atomic E-state index is -0.392. The SMILES string of the molecule is COc1cc(F)cc(Nc2ncnc(N)c2C)c1. The van der Waals surface area contributed by atoms with Gasteiger partial charge in [0.1, 0.15) is 29.5 Å². The predicted octanol–water partition coefficient (Wildman–Crippen LogP) is 2.26. The van der Waals surface area contributed by atoms with Crippen molar-refractivity contribution in [1.82, 2.24) is 9.97 Å². The Bertz CT molecular complexity index is 574. The first-order chi connectivity index (χ1) is 8.60. The van der Waals surface area contributed by atoms with Gasteiger partial charge < -0.3 is 15.8 Å². The van der Waals surface area contributed by atoms with Crippen molar-refractivity contribution >= 4 is 17.3 Å². The second-order valence-corrected chi connectivity index (χ2v) is 3.74. The second-order valence-electron chi connectivity index (χ2n) is 3.74. The van der Waals surface area contributed by atoms with Gasteiger partial charge in [0.25, 0.3) is 0 Å². The molecule has 1 aromatic heterocycles. The lowest BCUT2D eigenvalue weighted by Crippen LogP contribution is -2.02. The van der Waals surface area contributed by atoms with Gasteiger partial charge in [0, 0.05) is 23.4 Å². The summed E-state index contributed by atoms with van der Waals surface area (Å²) in [6.07, 6.45) is 1.35. The van der Waals surface area contributed by atoms with Crippen molar-refractivity contribution in [2.45, 2.75) is 6.92 Å². The number of nitrogens with two attached hydrogens (primary N) is 1. The first-order valence-corrected chi connectivity index (χ1v) is 5.29. The Morgan fingerprint density at radius 3 is 2.78 bits per heavy atom. The molecule has 0 unspecified atom stereocenters. The molecular formula is C12H13FN4O. The van der Waals surface area contributed by atoms with E-state index in [0.29, 0.717) is 28.6 Å². The molecule has 2 rings (SSSR count). The van der Waals surface area contributed by atoms with Gasteiger partial charge in [-0.1, -0.05) is 0 Å². The number of benzene rings is 1. The van der Waals surface area contributed by atoms with Crippen molar-refractivity contribution in [2.24, 2.45) is 0 Å². The van der Waals surface area contributed by atoms with Crippen molar-refractivity contribution in [3.05, 3.63) is 35.9 Å². The zero-order chi connectivity index (χ0) is 13.1. The molecule has 0 aliphatic rings. The number of ether oxygens (including phenoxy) is 1. The standard InChI is InChI=1S/C12H13FN4O/c1-7-11(14)15-6-16-12(7)17-9-3-8(13)4-10(5-9)18-2/h3-6H,1-2H3,(H3,14,15,16,17). The number of hydrogen-bond acceptors (Lipinski definition) is 5. The van der Waals surface area contributed by atoms with E-state index in [1.165, 1.54) is 25.6 Å². The first-order valence-electron chi connectivity index (χ1n) is 5.29. The molecule has 0 spiro atoms. The lowest BCUT2D eigenvalue weighted by atomic mass is 10.2. The predicted molar refractivity (Wildman–Crippen MR) is 67.4 cm³/mol. The molecular weight excluding hydrogens is 235 g/mol. The zero-order valence-electron chi connectivity index (χ0n) is 10.1. The van der Waals surface area contributed by atoms with Gasteiger partial charge in [0.05, 0.1) is 7.11 Å². The van der Waals surface area contributed by atoms with Crippen molar-refractivity contribution in [2.75, 3.05) is 18.2 Å². The molecule has 0 saturated heterocycles. The summed E-state index contributed by atoms with van der Waals surface area (Å²) in [4.78, 5) is 7.91. The molecule has 94 valence electrons. The number of aromatic nitrogens is 2. The van der Waals surface area contributed by atoms with Gasteiger partial charge in [0.2, 0.25) is 0 Å². The van der Waals surface area contributed by atoms with Gasteiger partial charge in [-0.2, -0.15) is 0 Å². The molecule has 3 N–H and O–H groups in total. The van der Waals surface area contributed by atoms with Gasteiger partial charge in [0.15, 0.2) is 0 Å². The lowest BCUT2D eigenvalue weighted by Gasteiger charge is -2.10. The monoisotopic (exact) mass is 248 g/mol. The van der Waals surface area contributed by atoms with Gasteiger partial charge in [-0.05, 0) is 13.0 Å². The van der Waals surface area contributed by atoms with Gasteiger partial charge in [-0.25, -0.2) is 14.4 Å². The van der Waals surface area contributed by atoms with E-state index in [1.54, 1.807) is 13.0 Å². The van der Waals surface area contributed by atoms with Crippen molar-refractivity contribution in [3.63, 3.8) is 0 Å². The number of hydrogen-bond donors (Lipinski definition) is 2. The molecule has 0 amide bonds. The van der Waals surface area contributed by atoms with Gasteiger partial charge in [-0.3, -0.25) is 0 Å². The average Bonchev–Trinajstić information content (AvgIpc) is 2.34. The molecule has 0 atom stereocenters. The minimum Gasteiger partial charge on any atom is -0.497 e. The maximum atomic E-state index is 13.3. The van der Waals surface area contributed by atoms with Crippen molar-refractivity contribution in [3.8, 4) is 5.75 Å². The highest BCUT2D eigenvalue weighted by Gasteiger charge is 2.06. The molecule has 6 heteroatoms. The van der Waals surface area contributed by atoms with E-state index in [2.05, 4.69) is 15.3 Å². The van der Waals surface area contributed by atoms with E-state index in [4.69, 9.17) is 10.5 Å². The fourth-order valence-corrected chi connectivity index (χ4v) is 1.48. The maximum Gasteiger partial charge on any atom is 0.138 e. The van der Waals surface area contributed by atoms with Crippen LogP contribution in [0.2, 0.25) is 0 Å². The minimum absolute atomic E-state index is 0.385. The van der Waals surface area contributed by atoms with Crippen LogP contribution >= 0.6 is 0 Å². The number of nitrogen functional groups attached to an aromatic ring is 1. The van der Waals surface area contributed by atoms with E-state index in [1.807, 2.05) is 0 Å². The molecule has 5 nitrogen and oxygen atoms in total. The zero-order valence-corrected chi connectivity index (χ0v) is 10.1. The number of methoxy groups -OCH3 is 1. The van der Waals surface area contributed by atoms with E-state index in [0.717, 1.165) is 0 Å². The Morgan fingerprint density at radius 2 is 2.06 bits per heavy atom. The van der Waals surface area contributed by atoms with Crippen LogP contribution in [0.25, 0.3) is 0 Å². The van der Waals surface area contributed by atoms with Crippen molar-refractivity contribution in [1.29, 1.82) is 0 Å². The Kier molecular flexibility index (Phi) is 3.27. The van der Waals surface area contributed by atoms with E-state index < -0.39 is 5.82 Å². The molecule has 0 aliphatic carbocycles. The number of halogens is 1. The number of rotatable bonds is 3. The summed E-state index contributed by atoms with van der Waals surface area (Å²) < 4.78 is 18.3. The summed E-state index contributed by atoms with van der Waals surface area (Å²) in [5, 5.41) is 2.98. The third-order valence-corrected chi connectivity index (χ3v) is 2.49. The highest BCUT2D eigenvalue weighted by atomic mass is 19.1. The molecule has 2 aromatic rings. The number of nitrogens with one attached hydrogen (secondary N) is 1. The number of anilines is 3. The molecule has 0 saturated carbocycles. The largest absolute Gasteiger partial charge is 0.497 e. The fourth-order valence-electron chi connectivity index (χ4n) is 1.48. The smallest absolute Gasteiger partial charge is 0.138 e. The third kappa shape index (κ3) is 2.48. The quantitative estimate of drug-likeness (QED) is 0.871. The number of nitrogens with zero attached hydrogens (tertiary/aromatic N) is 2. The molecule has 1 aromatic carbocycles. The van der Waals surface area contributed by atoms with Crippen LogP contribution in [0.5, 0.6) is 5.75 Å². The van der Waals surface area contributed by atoms with Crippen molar-refractivity contribution < 1.29 is 9.13 Å². The Hall–Kier alpha value is -2.37. The fraction of sp³-hybridized carbons (Fsp3) is 0.167. The molecule has 0 radical (unpaired) electrons. The third-order valence-electron chi connectivity index (χ3n) is 2.49. The second kappa shape index (κ2) is 4.87. The topological polar surface area (TPSA) is 73.1 Å². The van der Waals surface area contributed by atoms with Crippen LogP contribution < -0.4 is 15.8 Å². The summed E-state index contributed by atoms with van der Waals surface area (Å²) in [7, 11) is 1.48. The van der Waals surface area contributed by atoms with Crippen LogP contribution in [-0.4, -0.2) is 17.1 Å². The molecule has 18 heavy (non-hydrogen) atoms. The van der Waals surface area contributed by atoms with Crippen LogP contribution in [0, 0.1) is 12.7 Å². The van der Waals surface area contributed by atoms with Gasteiger partial charge in [-0.15, -0.1) is 0 Å². The summed E-state index contributed by atoms with van der Waals surface area (Å²) in [5.74, 6) is 0.958. The van der Waals surface area contributed by atoms with E-state index in [9.17, 15) is 4.39 Å². The molecule has 0 bridgehead atoms. The molecule has 0 aliphatic heterocycles. The maximum absolute atomic E-state index is 13.3. The highest BCUT2D eigenvalue weighted by molar-refractivity contribution is 5.64. The summed E-state index contributed by atoms with van der Waals surface area (Å²) in [5.41, 5.74) is 6.91. The average molecular weight is 248 g/mol. The van der Waals surface area contributed by atoms with Crippen LogP contribution in [0.15, 0.2) is 24.5 Å². The highest BCUT2D eigenvalue weighted by Crippen LogP contribution is 2.24. The van der Waals surface area contributed by atoms with Crippen LogP contribution in [0.3, 0.4) is 0 Å². The Labute approximate surface area is 104 Å². The lowest BCUT2D eigenvalue weighted by molar-refractivity contribution is 0.411. The summed E-state index contributed by atoms with van der Waals surface area (Å²) in [6, 6.07) is 4.31. The molecule has 0 fully saturated rings. The van der Waals surface area contributed by atoms with Crippen LogP contribution in [0.1, 0.15) is 5.56 Å². The first kappa shape index (κ1) is 12.1. The Morgan fingerprint density at radius 1 is 1.28 bits per heavy atom. The van der Waals surface area contributed by atoms with E-state index >= 15 is 0 Å². The summed E-state index contributed by atoms with van der Waals surface area (Å²) in [6.45, 7) is 1.79. The van der Waals surface area contributed by atoms with Crippen LogP contribution in [0.4, 0.5) is 21.7 Å². The van der Waals surface area contributed by atoms with Gasteiger partial charge >= 0.3 is 0 Å². The summed E-state index contributed by atoms with van der Waals surface area (Å²) >= 11 is 0. The van der Waals surface area contributed by atoms with E-state index in [-0.39, 0.29) is 0 Å².